The zero-order chi connectivity index (χ0) is 14.5. The summed E-state index contributed by atoms with van der Waals surface area (Å²) in [7, 11) is 0. The van der Waals surface area contributed by atoms with Gasteiger partial charge in [-0.3, -0.25) is 4.40 Å². The van der Waals surface area contributed by atoms with Gasteiger partial charge < -0.3 is 5.73 Å². The van der Waals surface area contributed by atoms with Gasteiger partial charge in [0, 0.05) is 27.7 Å². The summed E-state index contributed by atoms with van der Waals surface area (Å²) in [4.78, 5) is 0.864. The van der Waals surface area contributed by atoms with Crippen LogP contribution in [0, 0.1) is 0 Å². The molecule has 0 aliphatic rings. The highest BCUT2D eigenvalue weighted by molar-refractivity contribution is 7.15. The van der Waals surface area contributed by atoms with Crippen molar-refractivity contribution in [1.82, 2.24) is 14.6 Å². The zero-order valence-electron chi connectivity index (χ0n) is 11.5. The molecule has 0 fully saturated rings. The van der Waals surface area contributed by atoms with Crippen LogP contribution in [0.5, 0.6) is 0 Å². The summed E-state index contributed by atoms with van der Waals surface area (Å²) in [6.07, 6.45) is 0. The fraction of sp³-hybridized carbons (Fsp3) is 0.286. The van der Waals surface area contributed by atoms with E-state index in [1.165, 1.54) is 0 Å². The Bertz CT molecular complexity index is 782. The minimum atomic E-state index is 0.00216. The maximum Gasteiger partial charge on any atom is 0.216 e. The van der Waals surface area contributed by atoms with Crippen molar-refractivity contribution in [2.75, 3.05) is 5.73 Å². The summed E-state index contributed by atoms with van der Waals surface area (Å²) in [6, 6.07) is 5.40. The summed E-state index contributed by atoms with van der Waals surface area (Å²) < 4.78 is 2.06. The first kappa shape index (κ1) is 13.4. The number of halogens is 1. The lowest BCUT2D eigenvalue weighted by atomic mass is 9.93. The van der Waals surface area contributed by atoms with E-state index in [9.17, 15) is 0 Å². The smallest absolute Gasteiger partial charge is 0.216 e. The Hall–Kier alpha value is -1.59. The van der Waals surface area contributed by atoms with E-state index in [2.05, 4.69) is 40.7 Å². The number of rotatable bonds is 1. The Kier molecular flexibility index (Phi) is 2.99. The molecule has 2 heterocycles. The van der Waals surface area contributed by atoms with Crippen molar-refractivity contribution in [3.8, 4) is 11.4 Å². The average molecular weight is 307 g/mol. The lowest BCUT2D eigenvalue weighted by molar-refractivity contribution is 0.565. The van der Waals surface area contributed by atoms with Gasteiger partial charge in [-0.15, -0.1) is 21.5 Å². The maximum absolute atomic E-state index is 6.29. The van der Waals surface area contributed by atoms with Gasteiger partial charge in [0.2, 0.25) is 4.96 Å². The van der Waals surface area contributed by atoms with Crippen molar-refractivity contribution in [3.05, 3.63) is 34.3 Å². The predicted molar refractivity (Wildman–Crippen MR) is 84.4 cm³/mol. The van der Waals surface area contributed by atoms with Gasteiger partial charge in [0.1, 0.15) is 0 Å². The first-order valence-electron chi connectivity index (χ1n) is 6.26. The first-order chi connectivity index (χ1) is 9.38. The molecule has 0 saturated heterocycles. The lowest BCUT2D eigenvalue weighted by Crippen LogP contribution is -2.14. The predicted octanol–water partition coefficient (Wildman–Crippen LogP) is 3.99. The molecule has 1 aromatic carbocycles. The number of thiazole rings is 1. The molecule has 20 heavy (non-hydrogen) atoms. The maximum atomic E-state index is 6.29. The molecule has 0 saturated carbocycles. The highest BCUT2D eigenvalue weighted by Gasteiger charge is 2.23. The van der Waals surface area contributed by atoms with Crippen LogP contribution in [0.15, 0.2) is 23.6 Å². The minimum Gasteiger partial charge on any atom is -0.399 e. The summed E-state index contributed by atoms with van der Waals surface area (Å²) in [5, 5.41) is 11.3. The monoisotopic (exact) mass is 306 g/mol. The number of nitrogens with two attached hydrogens (primary N) is 1. The van der Waals surface area contributed by atoms with Gasteiger partial charge in [-0.25, -0.2) is 0 Å². The average Bonchev–Trinajstić information content (AvgIpc) is 2.92. The molecule has 0 unspecified atom stereocenters. The third-order valence-electron chi connectivity index (χ3n) is 3.15. The summed E-state index contributed by atoms with van der Waals surface area (Å²) in [5.74, 6) is 0.739. The Morgan fingerprint density at radius 2 is 2.00 bits per heavy atom. The normalized spacial score (nSPS) is 12.2. The van der Waals surface area contributed by atoms with Gasteiger partial charge in [0.25, 0.3) is 0 Å². The molecular formula is C14H15ClN4S. The van der Waals surface area contributed by atoms with Crippen LogP contribution in [0.3, 0.4) is 0 Å². The molecule has 3 rings (SSSR count). The van der Waals surface area contributed by atoms with Gasteiger partial charge >= 0.3 is 0 Å². The van der Waals surface area contributed by atoms with E-state index in [4.69, 9.17) is 17.3 Å². The molecule has 0 aliphatic heterocycles. The van der Waals surface area contributed by atoms with Crippen molar-refractivity contribution in [2.45, 2.75) is 26.2 Å². The SMILES string of the molecule is CC(C)(C)c1csc2nnc(-c3cc(N)ccc3Cl)n12. The minimum absolute atomic E-state index is 0.00216. The van der Waals surface area contributed by atoms with Crippen LogP contribution < -0.4 is 5.73 Å². The molecule has 0 bridgehead atoms. The fourth-order valence-electron chi connectivity index (χ4n) is 2.13. The molecule has 0 aliphatic carbocycles. The highest BCUT2D eigenvalue weighted by Crippen LogP contribution is 2.34. The second-order valence-corrected chi connectivity index (χ2v) is 7.00. The molecule has 0 atom stereocenters. The number of nitrogens with zero attached hydrogens (tertiary/aromatic N) is 3. The van der Waals surface area contributed by atoms with E-state index in [0.29, 0.717) is 10.7 Å². The molecule has 104 valence electrons. The van der Waals surface area contributed by atoms with Gasteiger partial charge in [-0.1, -0.05) is 32.4 Å². The van der Waals surface area contributed by atoms with E-state index in [1.54, 1.807) is 23.5 Å². The second kappa shape index (κ2) is 4.46. The molecule has 6 heteroatoms. The van der Waals surface area contributed by atoms with E-state index < -0.39 is 0 Å². The number of fused-ring (bicyclic) bond motifs is 1. The molecule has 0 radical (unpaired) electrons. The van der Waals surface area contributed by atoms with E-state index in [0.717, 1.165) is 22.0 Å². The molecule has 2 N–H and O–H groups in total. The van der Waals surface area contributed by atoms with E-state index in [-0.39, 0.29) is 5.41 Å². The van der Waals surface area contributed by atoms with Crippen LogP contribution in [0.4, 0.5) is 5.69 Å². The van der Waals surface area contributed by atoms with Gasteiger partial charge in [-0.05, 0) is 18.2 Å². The van der Waals surface area contributed by atoms with Gasteiger partial charge in [0.05, 0.1) is 5.02 Å². The van der Waals surface area contributed by atoms with E-state index in [1.807, 2.05) is 6.07 Å². The van der Waals surface area contributed by atoms with Crippen molar-refractivity contribution >= 4 is 33.6 Å². The van der Waals surface area contributed by atoms with Crippen LogP contribution in [0.25, 0.3) is 16.3 Å². The number of aromatic nitrogens is 3. The second-order valence-electron chi connectivity index (χ2n) is 5.75. The van der Waals surface area contributed by atoms with Gasteiger partial charge in [-0.2, -0.15) is 0 Å². The van der Waals surface area contributed by atoms with E-state index >= 15 is 0 Å². The Labute approximate surface area is 126 Å². The number of hydrogen-bond acceptors (Lipinski definition) is 4. The largest absolute Gasteiger partial charge is 0.399 e. The number of hydrogen-bond donors (Lipinski definition) is 1. The lowest BCUT2D eigenvalue weighted by Gasteiger charge is -2.18. The summed E-state index contributed by atoms with van der Waals surface area (Å²) >= 11 is 7.87. The summed E-state index contributed by atoms with van der Waals surface area (Å²) in [5.41, 5.74) is 8.50. The zero-order valence-corrected chi connectivity index (χ0v) is 13.1. The van der Waals surface area contributed by atoms with Crippen molar-refractivity contribution in [2.24, 2.45) is 0 Å². The van der Waals surface area contributed by atoms with Crippen LogP contribution in [-0.2, 0) is 5.41 Å². The number of nitrogen functional groups attached to an aromatic ring is 1. The van der Waals surface area contributed by atoms with Gasteiger partial charge in [0.15, 0.2) is 5.82 Å². The van der Waals surface area contributed by atoms with Crippen LogP contribution in [0.2, 0.25) is 5.02 Å². The van der Waals surface area contributed by atoms with Crippen molar-refractivity contribution in [1.29, 1.82) is 0 Å². The first-order valence-corrected chi connectivity index (χ1v) is 7.52. The summed E-state index contributed by atoms with van der Waals surface area (Å²) in [6.45, 7) is 6.50. The van der Waals surface area contributed by atoms with Crippen LogP contribution in [-0.4, -0.2) is 14.6 Å². The quantitative estimate of drug-likeness (QED) is 0.692. The molecule has 0 spiro atoms. The standard InChI is InChI=1S/C14H15ClN4S/c1-14(2,3)11-7-20-13-18-17-12(19(11)13)9-6-8(16)4-5-10(9)15/h4-7H,16H2,1-3H3. The number of anilines is 1. The van der Waals surface area contributed by atoms with Crippen molar-refractivity contribution < 1.29 is 0 Å². The molecular weight excluding hydrogens is 292 g/mol. The Balaban J connectivity index is 2.32. The fourth-order valence-corrected chi connectivity index (χ4v) is 3.38. The third-order valence-corrected chi connectivity index (χ3v) is 4.30. The number of benzene rings is 1. The molecule has 4 nitrogen and oxygen atoms in total. The third kappa shape index (κ3) is 2.07. The van der Waals surface area contributed by atoms with Crippen molar-refractivity contribution in [3.63, 3.8) is 0 Å². The van der Waals surface area contributed by atoms with Crippen LogP contribution >= 0.6 is 22.9 Å². The van der Waals surface area contributed by atoms with Crippen LogP contribution in [0.1, 0.15) is 26.5 Å². The topological polar surface area (TPSA) is 56.2 Å². The molecule has 3 aromatic rings. The highest BCUT2D eigenvalue weighted by atomic mass is 35.5. The molecule has 0 amide bonds. The Morgan fingerprint density at radius 3 is 2.70 bits per heavy atom. The Morgan fingerprint density at radius 1 is 1.25 bits per heavy atom. The molecule has 2 aromatic heterocycles.